The van der Waals surface area contributed by atoms with Crippen LogP contribution in [0, 0.1) is 5.82 Å². The summed E-state index contributed by atoms with van der Waals surface area (Å²) in [5, 5.41) is 2.99. The van der Waals surface area contributed by atoms with Crippen molar-refractivity contribution >= 4 is 21.6 Å². The molecule has 7 heteroatoms. The molecule has 4 nitrogen and oxygen atoms in total. The zero-order valence-electron chi connectivity index (χ0n) is 12.4. The third kappa shape index (κ3) is 5.54. The summed E-state index contributed by atoms with van der Waals surface area (Å²) >= 11 is 5.88. The van der Waals surface area contributed by atoms with Crippen molar-refractivity contribution in [2.75, 3.05) is 13.6 Å². The fourth-order valence-electron chi connectivity index (χ4n) is 1.97. The van der Waals surface area contributed by atoms with Crippen LogP contribution in [-0.4, -0.2) is 22.0 Å². The number of sulfonamides is 1. The van der Waals surface area contributed by atoms with Gasteiger partial charge in [-0.3, -0.25) is 0 Å². The Hall–Kier alpha value is -0.690. The van der Waals surface area contributed by atoms with Crippen LogP contribution in [0.25, 0.3) is 0 Å². The highest BCUT2D eigenvalue weighted by Gasteiger charge is 2.21. The summed E-state index contributed by atoms with van der Waals surface area (Å²) < 4.78 is 41.0. The summed E-state index contributed by atoms with van der Waals surface area (Å²) in [6.07, 6.45) is 3.81. The minimum atomic E-state index is -3.88. The van der Waals surface area contributed by atoms with E-state index in [-0.39, 0.29) is 17.1 Å². The third-order valence-corrected chi connectivity index (χ3v) is 4.74. The largest absolute Gasteiger partial charge is 0.316 e. The van der Waals surface area contributed by atoms with E-state index in [2.05, 4.69) is 17.0 Å². The molecule has 0 aromatic heterocycles. The molecule has 0 saturated carbocycles. The van der Waals surface area contributed by atoms with E-state index in [0.717, 1.165) is 31.7 Å². The minimum absolute atomic E-state index is 0.202. The van der Waals surface area contributed by atoms with Crippen molar-refractivity contribution in [3.05, 3.63) is 28.5 Å². The zero-order chi connectivity index (χ0) is 15.9. The first-order valence-corrected chi connectivity index (χ1v) is 8.90. The lowest BCUT2D eigenvalue weighted by atomic mass is 10.2. The fourth-order valence-corrected chi connectivity index (χ4v) is 3.49. The highest BCUT2D eigenvalue weighted by atomic mass is 35.5. The summed E-state index contributed by atoms with van der Waals surface area (Å²) in [7, 11) is -2.23. The van der Waals surface area contributed by atoms with Crippen LogP contribution < -0.4 is 10.0 Å². The van der Waals surface area contributed by atoms with Crippen molar-refractivity contribution in [1.82, 2.24) is 10.0 Å². The van der Waals surface area contributed by atoms with Crippen LogP contribution >= 0.6 is 11.6 Å². The Bertz CT molecular complexity index is 564. The van der Waals surface area contributed by atoms with Gasteiger partial charge in [-0.1, -0.05) is 37.8 Å². The van der Waals surface area contributed by atoms with E-state index in [9.17, 15) is 12.8 Å². The Balaban J connectivity index is 2.87. The van der Waals surface area contributed by atoms with Gasteiger partial charge in [0, 0.05) is 23.7 Å². The molecule has 2 N–H and O–H groups in total. The molecule has 1 rings (SSSR count). The maximum Gasteiger partial charge on any atom is 0.243 e. The molecule has 0 saturated heterocycles. The normalized spacial score (nSPS) is 11.8. The Morgan fingerprint density at radius 2 is 1.95 bits per heavy atom. The Labute approximate surface area is 131 Å². The lowest BCUT2D eigenvalue weighted by molar-refractivity contribution is 0.543. The predicted octanol–water partition coefficient (Wildman–Crippen LogP) is 3.06. The molecule has 0 aliphatic heterocycles. The van der Waals surface area contributed by atoms with Crippen molar-refractivity contribution < 1.29 is 12.8 Å². The number of rotatable bonds is 9. The van der Waals surface area contributed by atoms with Crippen LogP contribution in [-0.2, 0) is 16.6 Å². The number of nitrogens with one attached hydrogen (secondary N) is 2. The van der Waals surface area contributed by atoms with Gasteiger partial charge in [0.05, 0.1) is 0 Å². The smallest absolute Gasteiger partial charge is 0.243 e. The van der Waals surface area contributed by atoms with Gasteiger partial charge in [0.2, 0.25) is 10.0 Å². The maximum absolute atomic E-state index is 14.2. The van der Waals surface area contributed by atoms with E-state index in [4.69, 9.17) is 11.6 Å². The lowest BCUT2D eigenvalue weighted by Crippen LogP contribution is -2.26. The zero-order valence-corrected chi connectivity index (χ0v) is 14.0. The van der Waals surface area contributed by atoms with Crippen LogP contribution in [0.2, 0.25) is 5.02 Å². The summed E-state index contributed by atoms with van der Waals surface area (Å²) in [6.45, 7) is 2.59. The van der Waals surface area contributed by atoms with Crippen molar-refractivity contribution in [2.45, 2.75) is 44.0 Å². The molecule has 0 unspecified atom stereocenters. The molecule has 0 heterocycles. The molecule has 21 heavy (non-hydrogen) atoms. The van der Waals surface area contributed by atoms with Gasteiger partial charge in [-0.25, -0.2) is 17.5 Å². The summed E-state index contributed by atoms with van der Waals surface area (Å²) in [4.78, 5) is -0.393. The van der Waals surface area contributed by atoms with Crippen LogP contribution in [0.4, 0.5) is 4.39 Å². The second-order valence-electron chi connectivity index (χ2n) is 4.87. The monoisotopic (exact) mass is 336 g/mol. The standard InChI is InChI=1S/C14H22ClFN2O2S/c1-3-4-5-6-7-18-21(19,20)13-9-12(15)8-11(10-17-2)14(13)16/h8-9,17-18H,3-7,10H2,1-2H3. The molecule has 0 radical (unpaired) electrons. The fraction of sp³-hybridized carbons (Fsp3) is 0.571. The van der Waals surface area contributed by atoms with Gasteiger partial charge < -0.3 is 5.32 Å². The highest BCUT2D eigenvalue weighted by Crippen LogP contribution is 2.23. The quantitative estimate of drug-likeness (QED) is 0.681. The molecule has 1 aromatic rings. The van der Waals surface area contributed by atoms with Gasteiger partial charge in [0.25, 0.3) is 0 Å². The molecule has 0 aliphatic carbocycles. The number of unbranched alkanes of at least 4 members (excludes halogenated alkanes) is 3. The van der Waals surface area contributed by atoms with Crippen molar-refractivity contribution in [2.24, 2.45) is 0 Å². The van der Waals surface area contributed by atoms with E-state index in [0.29, 0.717) is 6.54 Å². The molecule has 1 aromatic carbocycles. The molecule has 0 fully saturated rings. The summed E-state index contributed by atoms with van der Waals surface area (Å²) in [5.74, 6) is -0.755. The predicted molar refractivity (Wildman–Crippen MR) is 83.5 cm³/mol. The van der Waals surface area contributed by atoms with E-state index in [1.807, 2.05) is 0 Å². The highest BCUT2D eigenvalue weighted by molar-refractivity contribution is 7.89. The van der Waals surface area contributed by atoms with Crippen molar-refractivity contribution in [3.63, 3.8) is 0 Å². The SMILES string of the molecule is CCCCCCNS(=O)(=O)c1cc(Cl)cc(CNC)c1F. The Morgan fingerprint density at radius 1 is 1.24 bits per heavy atom. The molecule has 120 valence electrons. The lowest BCUT2D eigenvalue weighted by Gasteiger charge is -2.11. The second kappa shape index (κ2) is 8.68. The molecule has 0 amide bonds. The first-order valence-electron chi connectivity index (χ1n) is 7.04. The average Bonchev–Trinajstić information content (AvgIpc) is 2.42. The first kappa shape index (κ1) is 18.4. The number of benzene rings is 1. The first-order chi connectivity index (χ1) is 9.92. The van der Waals surface area contributed by atoms with Crippen LogP contribution in [0.1, 0.15) is 38.2 Å². The third-order valence-electron chi connectivity index (χ3n) is 3.06. The number of halogens is 2. The Kier molecular flexibility index (Phi) is 7.59. The van der Waals surface area contributed by atoms with Crippen LogP contribution in [0.15, 0.2) is 17.0 Å². The maximum atomic E-state index is 14.2. The number of hydrogen-bond donors (Lipinski definition) is 2. The van der Waals surface area contributed by atoms with E-state index in [1.54, 1.807) is 7.05 Å². The minimum Gasteiger partial charge on any atom is -0.316 e. The molecule has 0 bridgehead atoms. The molecular weight excluding hydrogens is 315 g/mol. The van der Waals surface area contributed by atoms with Gasteiger partial charge in [-0.05, 0) is 25.6 Å². The van der Waals surface area contributed by atoms with Gasteiger partial charge in [-0.15, -0.1) is 0 Å². The average molecular weight is 337 g/mol. The van der Waals surface area contributed by atoms with E-state index >= 15 is 0 Å². The Morgan fingerprint density at radius 3 is 2.57 bits per heavy atom. The molecule has 0 spiro atoms. The summed E-state index contributed by atoms with van der Waals surface area (Å²) in [6, 6.07) is 2.57. The van der Waals surface area contributed by atoms with Crippen molar-refractivity contribution in [3.8, 4) is 0 Å². The van der Waals surface area contributed by atoms with Gasteiger partial charge >= 0.3 is 0 Å². The van der Waals surface area contributed by atoms with Gasteiger partial charge in [0.15, 0.2) is 0 Å². The number of hydrogen-bond acceptors (Lipinski definition) is 3. The molecule has 0 atom stereocenters. The topological polar surface area (TPSA) is 58.2 Å². The van der Waals surface area contributed by atoms with Gasteiger partial charge in [0.1, 0.15) is 10.7 Å². The molecular formula is C14H22ClFN2O2S. The van der Waals surface area contributed by atoms with E-state index < -0.39 is 20.7 Å². The van der Waals surface area contributed by atoms with E-state index in [1.165, 1.54) is 6.07 Å². The van der Waals surface area contributed by atoms with Crippen molar-refractivity contribution in [1.29, 1.82) is 0 Å². The van der Waals surface area contributed by atoms with Crippen LogP contribution in [0.3, 0.4) is 0 Å². The second-order valence-corrected chi connectivity index (χ2v) is 7.04. The van der Waals surface area contributed by atoms with Gasteiger partial charge in [-0.2, -0.15) is 0 Å². The molecule has 0 aliphatic rings. The van der Waals surface area contributed by atoms with Crippen LogP contribution in [0.5, 0.6) is 0 Å². The summed E-state index contributed by atoms with van der Waals surface area (Å²) in [5.41, 5.74) is 0.233.